The van der Waals surface area contributed by atoms with Gasteiger partial charge in [0.25, 0.3) is 5.91 Å². The van der Waals surface area contributed by atoms with E-state index in [0.29, 0.717) is 5.69 Å². The number of amides is 1. The zero-order valence-electron chi connectivity index (χ0n) is 7.73. The summed E-state index contributed by atoms with van der Waals surface area (Å²) in [6, 6.07) is 9.25. The fourth-order valence-corrected chi connectivity index (χ4v) is 1.50. The number of rotatable bonds is 2. The molecule has 14 heavy (non-hydrogen) atoms. The summed E-state index contributed by atoms with van der Waals surface area (Å²) >= 11 is 0. The van der Waals surface area contributed by atoms with Gasteiger partial charge in [0.05, 0.1) is 5.52 Å². The summed E-state index contributed by atoms with van der Waals surface area (Å²) in [5, 5.41) is 0.933. The zero-order chi connectivity index (χ0) is 10.1. The molecule has 2 rings (SSSR count). The summed E-state index contributed by atoms with van der Waals surface area (Å²) in [5.74, 6) is -0.497. The zero-order valence-corrected chi connectivity index (χ0v) is 7.73. The van der Waals surface area contributed by atoms with Gasteiger partial charge in [-0.05, 0) is 12.1 Å². The Bertz CT molecular complexity index is 488. The van der Waals surface area contributed by atoms with Gasteiger partial charge in [0.2, 0.25) is 0 Å². The van der Waals surface area contributed by atoms with Crippen LogP contribution < -0.4 is 10.6 Å². The number of carbonyl (C=O) groups excluding carboxylic acids is 1. The van der Waals surface area contributed by atoms with Crippen LogP contribution in [0.1, 0.15) is 10.5 Å². The van der Waals surface area contributed by atoms with E-state index < -0.39 is 5.91 Å². The van der Waals surface area contributed by atoms with Crippen LogP contribution in [0.15, 0.2) is 30.3 Å². The second-order valence-corrected chi connectivity index (χ2v) is 2.93. The van der Waals surface area contributed by atoms with Crippen molar-refractivity contribution in [1.82, 2.24) is 4.73 Å². The standard InChI is InChI=1S/C10H10N2O2/c1-14-12-8-5-3-2-4-7(8)6-9(12)10(11)13/h2-6H,1H3,(H2,11,13). The smallest absolute Gasteiger partial charge is 0.268 e. The summed E-state index contributed by atoms with van der Waals surface area (Å²) in [5.41, 5.74) is 6.41. The van der Waals surface area contributed by atoms with Crippen molar-refractivity contribution in [3.63, 3.8) is 0 Å². The highest BCUT2D eigenvalue weighted by atomic mass is 16.6. The lowest BCUT2D eigenvalue weighted by Gasteiger charge is -2.04. The Morgan fingerprint density at radius 3 is 2.79 bits per heavy atom. The molecule has 0 saturated heterocycles. The fourth-order valence-electron chi connectivity index (χ4n) is 1.50. The summed E-state index contributed by atoms with van der Waals surface area (Å²) in [4.78, 5) is 16.1. The first kappa shape index (κ1) is 8.62. The summed E-state index contributed by atoms with van der Waals surface area (Å²) < 4.78 is 1.43. The topological polar surface area (TPSA) is 57.2 Å². The third-order valence-corrected chi connectivity index (χ3v) is 2.10. The Kier molecular flexibility index (Phi) is 1.89. The Labute approximate surface area is 80.8 Å². The van der Waals surface area contributed by atoms with Gasteiger partial charge in [-0.25, -0.2) is 0 Å². The second kappa shape index (κ2) is 3.06. The van der Waals surface area contributed by atoms with Gasteiger partial charge in [-0.1, -0.05) is 18.2 Å². The van der Waals surface area contributed by atoms with Crippen LogP contribution in [0.5, 0.6) is 0 Å². The predicted octanol–water partition coefficient (Wildman–Crippen LogP) is 0.799. The molecule has 0 fully saturated rings. The SMILES string of the molecule is COn1c(C(N)=O)cc2ccccc21. The van der Waals surface area contributed by atoms with E-state index in [9.17, 15) is 4.79 Å². The van der Waals surface area contributed by atoms with Crippen molar-refractivity contribution < 1.29 is 9.63 Å². The number of carbonyl (C=O) groups is 1. The number of nitrogens with two attached hydrogens (primary N) is 1. The van der Waals surface area contributed by atoms with Crippen LogP contribution in [-0.4, -0.2) is 17.7 Å². The van der Waals surface area contributed by atoms with Crippen molar-refractivity contribution in [3.05, 3.63) is 36.0 Å². The molecule has 1 heterocycles. The average molecular weight is 190 g/mol. The molecule has 4 nitrogen and oxygen atoms in total. The Hall–Kier alpha value is -1.97. The van der Waals surface area contributed by atoms with Gasteiger partial charge >= 0.3 is 0 Å². The van der Waals surface area contributed by atoms with E-state index in [1.807, 2.05) is 24.3 Å². The third kappa shape index (κ3) is 1.12. The van der Waals surface area contributed by atoms with Gasteiger partial charge < -0.3 is 10.6 Å². The molecule has 0 atom stereocenters. The minimum absolute atomic E-state index is 0.355. The Balaban J connectivity index is 2.78. The van der Waals surface area contributed by atoms with E-state index in [2.05, 4.69) is 0 Å². The highest BCUT2D eigenvalue weighted by molar-refractivity contribution is 5.97. The maximum Gasteiger partial charge on any atom is 0.268 e. The minimum atomic E-state index is -0.497. The molecule has 0 aliphatic heterocycles. The molecule has 0 spiro atoms. The lowest BCUT2D eigenvalue weighted by Crippen LogP contribution is -2.19. The third-order valence-electron chi connectivity index (χ3n) is 2.10. The van der Waals surface area contributed by atoms with Crippen molar-refractivity contribution in [2.24, 2.45) is 5.73 Å². The largest absolute Gasteiger partial charge is 0.416 e. The molecule has 0 saturated carbocycles. The molecule has 0 radical (unpaired) electrons. The highest BCUT2D eigenvalue weighted by Gasteiger charge is 2.12. The lowest BCUT2D eigenvalue weighted by atomic mass is 10.2. The molecule has 1 aromatic heterocycles. The van der Waals surface area contributed by atoms with Crippen LogP contribution in [-0.2, 0) is 0 Å². The van der Waals surface area contributed by atoms with Gasteiger partial charge in [-0.2, -0.15) is 4.73 Å². The van der Waals surface area contributed by atoms with Crippen LogP contribution in [0.2, 0.25) is 0 Å². The van der Waals surface area contributed by atoms with Gasteiger partial charge in [-0.15, -0.1) is 0 Å². The van der Waals surface area contributed by atoms with E-state index in [1.54, 1.807) is 6.07 Å². The van der Waals surface area contributed by atoms with Crippen LogP contribution in [0.4, 0.5) is 0 Å². The minimum Gasteiger partial charge on any atom is -0.416 e. The van der Waals surface area contributed by atoms with Gasteiger partial charge in [-0.3, -0.25) is 4.79 Å². The van der Waals surface area contributed by atoms with E-state index in [0.717, 1.165) is 10.9 Å². The second-order valence-electron chi connectivity index (χ2n) is 2.93. The molecule has 0 unspecified atom stereocenters. The van der Waals surface area contributed by atoms with E-state index in [1.165, 1.54) is 11.8 Å². The number of aromatic nitrogens is 1. The van der Waals surface area contributed by atoms with Crippen molar-refractivity contribution >= 4 is 16.8 Å². The maximum atomic E-state index is 11.1. The first-order valence-electron chi connectivity index (χ1n) is 4.19. The number of nitrogens with zero attached hydrogens (tertiary/aromatic N) is 1. The number of fused-ring (bicyclic) bond motifs is 1. The van der Waals surface area contributed by atoms with Crippen molar-refractivity contribution in [2.45, 2.75) is 0 Å². The number of primary amides is 1. The van der Waals surface area contributed by atoms with Crippen LogP contribution in [0, 0.1) is 0 Å². The lowest BCUT2D eigenvalue weighted by molar-refractivity contribution is 0.0950. The molecular weight excluding hydrogens is 180 g/mol. The summed E-state index contributed by atoms with van der Waals surface area (Å²) in [6.07, 6.45) is 0. The number of benzene rings is 1. The van der Waals surface area contributed by atoms with Gasteiger partial charge in [0.15, 0.2) is 0 Å². The number of para-hydroxylation sites is 1. The average Bonchev–Trinajstić information content (AvgIpc) is 2.56. The maximum absolute atomic E-state index is 11.1. The molecule has 0 bridgehead atoms. The van der Waals surface area contributed by atoms with Gasteiger partial charge in [0, 0.05) is 5.39 Å². The monoisotopic (exact) mass is 190 g/mol. The molecular formula is C10H10N2O2. The first-order valence-corrected chi connectivity index (χ1v) is 4.19. The van der Waals surface area contributed by atoms with Crippen molar-refractivity contribution in [1.29, 1.82) is 0 Å². The highest BCUT2D eigenvalue weighted by Crippen LogP contribution is 2.17. The Morgan fingerprint density at radius 2 is 2.14 bits per heavy atom. The fraction of sp³-hybridized carbons (Fsp3) is 0.100. The van der Waals surface area contributed by atoms with Crippen molar-refractivity contribution in [2.75, 3.05) is 7.11 Å². The van der Waals surface area contributed by atoms with E-state index in [-0.39, 0.29) is 0 Å². The van der Waals surface area contributed by atoms with Gasteiger partial charge in [0.1, 0.15) is 12.8 Å². The van der Waals surface area contributed by atoms with Crippen LogP contribution >= 0.6 is 0 Å². The van der Waals surface area contributed by atoms with Crippen LogP contribution in [0.25, 0.3) is 10.9 Å². The summed E-state index contributed by atoms with van der Waals surface area (Å²) in [7, 11) is 1.50. The normalized spacial score (nSPS) is 10.4. The molecule has 0 aliphatic carbocycles. The quantitative estimate of drug-likeness (QED) is 0.761. The molecule has 1 aromatic carbocycles. The number of hydrogen-bond acceptors (Lipinski definition) is 2. The molecule has 1 amide bonds. The molecule has 72 valence electrons. The van der Waals surface area contributed by atoms with Crippen LogP contribution in [0.3, 0.4) is 0 Å². The van der Waals surface area contributed by atoms with E-state index in [4.69, 9.17) is 10.6 Å². The molecule has 2 aromatic rings. The molecule has 4 heteroatoms. The first-order chi connectivity index (χ1) is 6.74. The molecule has 0 aliphatic rings. The summed E-state index contributed by atoms with van der Waals surface area (Å²) in [6.45, 7) is 0. The predicted molar refractivity (Wildman–Crippen MR) is 53.0 cm³/mol. The molecule has 2 N–H and O–H groups in total. The van der Waals surface area contributed by atoms with E-state index >= 15 is 0 Å². The number of hydrogen-bond donors (Lipinski definition) is 1. The van der Waals surface area contributed by atoms with Crippen molar-refractivity contribution in [3.8, 4) is 0 Å². The Morgan fingerprint density at radius 1 is 1.43 bits per heavy atom.